The van der Waals surface area contributed by atoms with Crippen molar-refractivity contribution in [3.63, 3.8) is 0 Å². The summed E-state index contributed by atoms with van der Waals surface area (Å²) in [4.78, 5) is 61.1. The molecular formula is C50H40Cl2F4N6O8. The number of rotatable bonds is 14. The quantitative estimate of drug-likeness (QED) is 0.0763. The van der Waals surface area contributed by atoms with Crippen molar-refractivity contribution in [2.75, 3.05) is 36.0 Å². The molecule has 2 aromatic heterocycles. The Balaban J connectivity index is 0.000000174. The number of benzene rings is 4. The molecule has 4 fully saturated rings. The van der Waals surface area contributed by atoms with Gasteiger partial charge >= 0.3 is 11.9 Å². The number of aromatic nitrogens is 2. The molecule has 0 spiro atoms. The lowest BCUT2D eigenvalue weighted by Gasteiger charge is -2.40. The molecule has 2 amide bonds. The zero-order valence-electron chi connectivity index (χ0n) is 36.6. The van der Waals surface area contributed by atoms with Gasteiger partial charge in [-0.15, -0.1) is 0 Å². The van der Waals surface area contributed by atoms with E-state index in [1.807, 2.05) is 9.80 Å². The number of anilines is 2. The summed E-state index contributed by atoms with van der Waals surface area (Å²) in [6.07, 6.45) is 5.15. The fourth-order valence-electron chi connectivity index (χ4n) is 8.22. The van der Waals surface area contributed by atoms with Crippen LogP contribution in [0.3, 0.4) is 0 Å². The molecular weight excluding hydrogens is 959 g/mol. The topological polar surface area (TPSA) is 184 Å². The summed E-state index contributed by atoms with van der Waals surface area (Å²) in [6.45, 7) is 1.51. The van der Waals surface area contributed by atoms with Crippen LogP contribution < -0.4 is 29.9 Å². The maximum absolute atomic E-state index is 13.9. The molecule has 0 bridgehead atoms. The number of halogens is 6. The first-order valence-electron chi connectivity index (χ1n) is 21.9. The van der Waals surface area contributed by atoms with Crippen molar-refractivity contribution in [2.45, 2.75) is 49.0 Å². The monoisotopic (exact) mass is 998 g/mol. The normalized spacial score (nSPS) is 16.4. The van der Waals surface area contributed by atoms with Gasteiger partial charge in [-0.25, -0.2) is 37.1 Å². The minimum absolute atomic E-state index is 0.0392. The summed E-state index contributed by atoms with van der Waals surface area (Å²) in [7, 11) is 0. The summed E-state index contributed by atoms with van der Waals surface area (Å²) in [6, 6.07) is 22.5. The lowest BCUT2D eigenvalue weighted by atomic mass is 10.0. The number of hydrogen-bond acceptors (Lipinski definition) is 10. The Hall–Kier alpha value is -7.44. The van der Waals surface area contributed by atoms with Crippen molar-refractivity contribution in [1.29, 1.82) is 0 Å². The van der Waals surface area contributed by atoms with E-state index in [1.54, 1.807) is 30.3 Å². The predicted octanol–water partition coefficient (Wildman–Crippen LogP) is 8.80. The van der Waals surface area contributed by atoms with Gasteiger partial charge < -0.3 is 40.1 Å². The van der Waals surface area contributed by atoms with Gasteiger partial charge in [-0.2, -0.15) is 0 Å². The molecule has 4 aromatic carbocycles. The number of carbonyl (C=O) groups excluding carboxylic acids is 2. The Morgan fingerprint density at radius 3 is 1.44 bits per heavy atom. The zero-order chi connectivity index (χ0) is 49.5. The second-order valence-corrected chi connectivity index (χ2v) is 18.2. The van der Waals surface area contributed by atoms with E-state index in [1.165, 1.54) is 54.9 Å². The Labute approximate surface area is 406 Å². The highest BCUT2D eigenvalue weighted by molar-refractivity contribution is 6.31. The first-order valence-corrected chi connectivity index (χ1v) is 22.6. The van der Waals surface area contributed by atoms with E-state index in [2.05, 4.69) is 20.6 Å². The lowest BCUT2D eigenvalue weighted by Crippen LogP contribution is -2.55. The van der Waals surface area contributed by atoms with Crippen molar-refractivity contribution in [1.82, 2.24) is 20.6 Å². The van der Waals surface area contributed by atoms with Crippen LogP contribution >= 0.6 is 23.2 Å². The van der Waals surface area contributed by atoms with E-state index in [-0.39, 0.29) is 52.2 Å². The van der Waals surface area contributed by atoms with Gasteiger partial charge in [-0.3, -0.25) is 9.59 Å². The molecule has 2 aliphatic carbocycles. The Kier molecular flexibility index (Phi) is 13.0. The second-order valence-electron chi connectivity index (χ2n) is 17.3. The third-order valence-electron chi connectivity index (χ3n) is 12.4. The number of ether oxygens (including phenoxy) is 2. The number of carbonyl (C=O) groups is 4. The molecule has 0 unspecified atom stereocenters. The van der Waals surface area contributed by atoms with Crippen molar-refractivity contribution in [2.24, 2.45) is 0 Å². The number of pyridine rings is 2. The summed E-state index contributed by atoms with van der Waals surface area (Å²) in [5.74, 6) is -5.08. The molecule has 4 N–H and O–H groups in total. The maximum atomic E-state index is 13.9. The highest BCUT2D eigenvalue weighted by atomic mass is 35.5. The smallest absolute Gasteiger partial charge is 0.335 e. The summed E-state index contributed by atoms with van der Waals surface area (Å²) >= 11 is 12.3. The van der Waals surface area contributed by atoms with Gasteiger partial charge in [0.15, 0.2) is 23.2 Å². The average molecular weight is 1000 g/mol. The van der Waals surface area contributed by atoms with E-state index in [0.29, 0.717) is 53.4 Å². The minimum atomic E-state index is -1.01. The van der Waals surface area contributed by atoms with Crippen molar-refractivity contribution in [3.8, 4) is 11.5 Å². The van der Waals surface area contributed by atoms with E-state index in [0.717, 1.165) is 61.1 Å². The van der Waals surface area contributed by atoms with Crippen LogP contribution in [0.5, 0.6) is 11.5 Å². The van der Waals surface area contributed by atoms with Crippen LogP contribution in [0.2, 0.25) is 10.0 Å². The van der Waals surface area contributed by atoms with Gasteiger partial charge in [-0.1, -0.05) is 47.5 Å². The van der Waals surface area contributed by atoms with Gasteiger partial charge in [0, 0.05) is 24.5 Å². The van der Waals surface area contributed by atoms with E-state index >= 15 is 0 Å². The van der Waals surface area contributed by atoms with Gasteiger partial charge in [0.2, 0.25) is 0 Å². The number of carboxylic acid groups (broad SMARTS) is 2. The third kappa shape index (κ3) is 10.3. The fraction of sp³-hybridized carbons (Fsp3) is 0.240. The van der Waals surface area contributed by atoms with Crippen molar-refractivity contribution >= 4 is 58.6 Å². The number of nitrogens with zero attached hydrogens (tertiary/aromatic N) is 4. The molecule has 70 heavy (non-hydrogen) atoms. The fourth-order valence-corrected chi connectivity index (χ4v) is 8.54. The number of aromatic carboxylic acids is 2. The van der Waals surface area contributed by atoms with Gasteiger partial charge in [0.1, 0.15) is 35.4 Å². The van der Waals surface area contributed by atoms with Crippen molar-refractivity contribution < 1.29 is 56.4 Å². The average Bonchev–Trinajstić information content (AvgIpc) is 4.26. The SMILES string of the molecule is O=C(O)c1ccc(C2(NC(=O)c3cc(Cl)cnc3N3CC(Oc4ccc(F)c(F)c4)C3)CC2)cc1.O=C(O)c1ccc(C2(NC(=O)c3cc(Cl)cnc3N3CC(Oc4ccc(F)cc4F)C3)CC2)cc1. The van der Waals surface area contributed by atoms with Crippen LogP contribution in [-0.4, -0.2) is 82.3 Å². The number of amides is 2. The molecule has 0 atom stereocenters. The van der Waals surface area contributed by atoms with Gasteiger partial charge in [0.25, 0.3) is 11.8 Å². The van der Waals surface area contributed by atoms with Crippen LogP contribution in [0.25, 0.3) is 0 Å². The standard InChI is InChI=1S/2C25H20ClF2N3O4/c26-16-9-19(23(32)30-25(7-8-25)15-3-1-14(2-4-15)24(33)34)22(29-11-16)31-12-18(13-31)35-21-6-5-17(27)10-20(21)28;26-16-9-19(23(32)30-25(7-8-25)15-3-1-14(2-4-15)24(33)34)22(29-11-16)31-12-18(13-31)35-17-5-6-20(27)21(28)10-17/h2*1-6,9-11,18H,7-8,12-13H2,(H,30,32)(H,33,34). The van der Waals surface area contributed by atoms with Crippen LogP contribution in [0.4, 0.5) is 29.2 Å². The Morgan fingerprint density at radius 1 is 0.571 bits per heavy atom. The number of nitrogens with one attached hydrogen (secondary N) is 2. The molecule has 6 aromatic rings. The summed E-state index contributed by atoms with van der Waals surface area (Å²) in [5, 5.41) is 25.0. The summed E-state index contributed by atoms with van der Waals surface area (Å²) < 4.78 is 64.9. The highest BCUT2D eigenvalue weighted by Crippen LogP contribution is 2.47. The zero-order valence-corrected chi connectivity index (χ0v) is 38.1. The van der Waals surface area contributed by atoms with Crippen LogP contribution in [0.15, 0.2) is 109 Å². The Bertz CT molecular complexity index is 3020. The molecule has 2 saturated heterocycles. The first kappa shape index (κ1) is 47.6. The number of hydrogen-bond donors (Lipinski definition) is 4. The molecule has 10 rings (SSSR count). The molecule has 4 heterocycles. The maximum Gasteiger partial charge on any atom is 0.335 e. The highest BCUT2D eigenvalue weighted by Gasteiger charge is 2.48. The molecule has 2 saturated carbocycles. The predicted molar refractivity (Wildman–Crippen MR) is 248 cm³/mol. The largest absolute Gasteiger partial charge is 0.487 e. The van der Waals surface area contributed by atoms with Gasteiger partial charge in [0.05, 0.1) is 69.6 Å². The molecule has 360 valence electrons. The first-order chi connectivity index (χ1) is 33.5. The number of carboxylic acids is 2. The Morgan fingerprint density at radius 2 is 1.03 bits per heavy atom. The molecule has 14 nitrogen and oxygen atoms in total. The lowest BCUT2D eigenvalue weighted by molar-refractivity contribution is 0.0686. The van der Waals surface area contributed by atoms with Gasteiger partial charge in [-0.05, 0) is 97.5 Å². The molecule has 0 radical (unpaired) electrons. The molecule has 20 heteroatoms. The third-order valence-corrected chi connectivity index (χ3v) is 12.8. The van der Waals surface area contributed by atoms with E-state index in [9.17, 15) is 36.7 Å². The van der Waals surface area contributed by atoms with Crippen molar-refractivity contribution in [3.05, 3.63) is 176 Å². The van der Waals surface area contributed by atoms with Crippen LogP contribution in [0, 0.1) is 23.3 Å². The van der Waals surface area contributed by atoms with E-state index in [4.69, 9.17) is 42.9 Å². The summed E-state index contributed by atoms with van der Waals surface area (Å²) in [5.41, 5.74) is 1.45. The second kappa shape index (κ2) is 19.2. The minimum Gasteiger partial charge on any atom is -0.487 e. The van der Waals surface area contributed by atoms with E-state index < -0.39 is 46.3 Å². The molecule has 2 aliphatic heterocycles. The molecule has 4 aliphatic rings. The van der Waals surface area contributed by atoms with Crippen LogP contribution in [0.1, 0.15) is 78.2 Å². The van der Waals surface area contributed by atoms with Crippen LogP contribution in [-0.2, 0) is 11.1 Å².